The number of hydrogen-bond donors (Lipinski definition) is 1. The minimum Gasteiger partial charge on any atom is -0.395 e. The number of aliphatic hydroxyl groups is 1. The van der Waals surface area contributed by atoms with E-state index in [0.29, 0.717) is 19.7 Å². The van der Waals surface area contributed by atoms with Crippen molar-refractivity contribution in [2.24, 2.45) is 0 Å². The van der Waals surface area contributed by atoms with Gasteiger partial charge in [0, 0.05) is 65.5 Å². The van der Waals surface area contributed by atoms with E-state index in [1.807, 2.05) is 17.0 Å². The quantitative estimate of drug-likeness (QED) is 0.715. The van der Waals surface area contributed by atoms with Gasteiger partial charge in [0.25, 0.3) is 5.91 Å². The molecule has 1 atom stereocenters. The maximum absolute atomic E-state index is 12.5. The number of piperazine rings is 2. The average molecular weight is 390 g/mol. The van der Waals surface area contributed by atoms with E-state index in [0.717, 1.165) is 70.3 Å². The average Bonchev–Trinajstić information content (AvgIpc) is 3.29. The first-order chi connectivity index (χ1) is 13.7. The van der Waals surface area contributed by atoms with Crippen molar-refractivity contribution in [2.75, 3.05) is 81.9 Å². The van der Waals surface area contributed by atoms with Crippen molar-refractivity contribution in [1.82, 2.24) is 20.0 Å². The zero-order valence-corrected chi connectivity index (χ0v) is 16.4. The second kappa shape index (κ2) is 9.02. The normalized spacial score (nSPS) is 24.0. The predicted molar refractivity (Wildman–Crippen MR) is 106 cm³/mol. The van der Waals surface area contributed by atoms with Crippen LogP contribution >= 0.6 is 0 Å². The summed E-state index contributed by atoms with van der Waals surface area (Å²) < 4.78 is 5.52. The van der Waals surface area contributed by atoms with E-state index in [2.05, 4.69) is 24.9 Å². The Morgan fingerprint density at radius 2 is 1.61 bits per heavy atom. The fraction of sp³-hybridized carbons (Fsp3) is 0.737. The third-order valence-corrected chi connectivity index (χ3v) is 5.87. The summed E-state index contributed by atoms with van der Waals surface area (Å²) in [7, 11) is 0. The molecule has 3 fully saturated rings. The number of β-amino-alcohol motifs (C(OH)–C–C–N with tert-alkyl or cyclic N) is 1. The summed E-state index contributed by atoms with van der Waals surface area (Å²) in [4.78, 5) is 21.1. The van der Waals surface area contributed by atoms with Crippen molar-refractivity contribution in [2.45, 2.75) is 18.9 Å². The molecule has 3 aliphatic rings. The van der Waals surface area contributed by atoms with Crippen LogP contribution in [0.2, 0.25) is 0 Å². The monoisotopic (exact) mass is 390 g/mol. The van der Waals surface area contributed by atoms with Gasteiger partial charge in [-0.3, -0.25) is 9.69 Å². The first kappa shape index (κ1) is 19.4. The highest BCUT2D eigenvalue weighted by molar-refractivity contribution is 5.81. The molecule has 1 aromatic rings. The summed E-state index contributed by atoms with van der Waals surface area (Å²) in [6, 6.07) is 4.06. The summed E-state index contributed by atoms with van der Waals surface area (Å²) in [5, 5.41) is 17.9. The number of aliphatic hydroxyl groups excluding tert-OH is 1. The molecule has 0 aromatic carbocycles. The van der Waals surface area contributed by atoms with E-state index >= 15 is 0 Å². The lowest BCUT2D eigenvalue weighted by Crippen LogP contribution is -2.51. The minimum atomic E-state index is -0.233. The second-order valence-electron chi connectivity index (χ2n) is 7.62. The number of ether oxygens (including phenoxy) is 1. The molecule has 3 aliphatic heterocycles. The van der Waals surface area contributed by atoms with Gasteiger partial charge in [-0.2, -0.15) is 0 Å². The SMILES string of the molecule is O=C(C1CCCO1)N1CCN(c2ccc(N3CCN(CCO)CC3)nn2)CC1. The van der Waals surface area contributed by atoms with Crippen LogP contribution in [0, 0.1) is 0 Å². The van der Waals surface area contributed by atoms with Gasteiger partial charge in [-0.15, -0.1) is 10.2 Å². The van der Waals surface area contributed by atoms with Crippen molar-refractivity contribution in [3.63, 3.8) is 0 Å². The number of anilines is 2. The Kier molecular flexibility index (Phi) is 6.23. The van der Waals surface area contributed by atoms with Crippen LogP contribution < -0.4 is 9.80 Å². The number of carbonyl (C=O) groups excluding carboxylic acids is 1. The van der Waals surface area contributed by atoms with Gasteiger partial charge in [0.2, 0.25) is 0 Å². The highest BCUT2D eigenvalue weighted by Gasteiger charge is 2.30. The first-order valence-corrected chi connectivity index (χ1v) is 10.3. The molecule has 1 aromatic heterocycles. The Bertz CT molecular complexity index is 636. The maximum atomic E-state index is 12.5. The summed E-state index contributed by atoms with van der Waals surface area (Å²) >= 11 is 0. The van der Waals surface area contributed by atoms with Crippen LogP contribution in [-0.2, 0) is 9.53 Å². The Morgan fingerprint density at radius 3 is 2.11 bits per heavy atom. The molecule has 1 amide bonds. The van der Waals surface area contributed by atoms with Crippen molar-refractivity contribution in [1.29, 1.82) is 0 Å². The number of nitrogens with zero attached hydrogens (tertiary/aromatic N) is 6. The molecule has 4 heterocycles. The topological polar surface area (TPSA) is 85.3 Å². The van der Waals surface area contributed by atoms with E-state index in [1.54, 1.807) is 0 Å². The molecule has 28 heavy (non-hydrogen) atoms. The Hall–Kier alpha value is -1.97. The number of carbonyl (C=O) groups is 1. The molecule has 3 saturated heterocycles. The predicted octanol–water partition coefficient (Wildman–Crippen LogP) is -0.581. The summed E-state index contributed by atoms with van der Waals surface area (Å²) in [6.45, 7) is 8.27. The van der Waals surface area contributed by atoms with Crippen LogP contribution in [0.1, 0.15) is 12.8 Å². The van der Waals surface area contributed by atoms with E-state index in [4.69, 9.17) is 9.84 Å². The molecule has 0 saturated carbocycles. The summed E-state index contributed by atoms with van der Waals surface area (Å²) in [6.07, 6.45) is 1.60. The van der Waals surface area contributed by atoms with Crippen LogP contribution in [0.4, 0.5) is 11.6 Å². The van der Waals surface area contributed by atoms with E-state index in [1.165, 1.54) is 0 Å². The molecule has 4 rings (SSSR count). The van der Waals surface area contributed by atoms with Crippen molar-refractivity contribution >= 4 is 17.5 Å². The van der Waals surface area contributed by atoms with Crippen molar-refractivity contribution in [3.8, 4) is 0 Å². The zero-order chi connectivity index (χ0) is 19.3. The number of rotatable bonds is 5. The van der Waals surface area contributed by atoms with Crippen molar-refractivity contribution < 1.29 is 14.6 Å². The molecule has 1 unspecified atom stereocenters. The van der Waals surface area contributed by atoms with Gasteiger partial charge in [-0.05, 0) is 25.0 Å². The highest BCUT2D eigenvalue weighted by Crippen LogP contribution is 2.20. The summed E-state index contributed by atoms with van der Waals surface area (Å²) in [5.41, 5.74) is 0. The lowest BCUT2D eigenvalue weighted by atomic mass is 10.2. The van der Waals surface area contributed by atoms with Gasteiger partial charge in [0.05, 0.1) is 6.61 Å². The van der Waals surface area contributed by atoms with E-state index in [9.17, 15) is 4.79 Å². The summed E-state index contributed by atoms with van der Waals surface area (Å²) in [5.74, 6) is 1.91. The van der Waals surface area contributed by atoms with Crippen molar-refractivity contribution in [3.05, 3.63) is 12.1 Å². The van der Waals surface area contributed by atoms with Crippen LogP contribution in [-0.4, -0.2) is 109 Å². The molecular formula is C19H30N6O3. The Morgan fingerprint density at radius 1 is 1.00 bits per heavy atom. The van der Waals surface area contributed by atoms with Crippen LogP contribution in [0.25, 0.3) is 0 Å². The van der Waals surface area contributed by atoms with E-state index in [-0.39, 0.29) is 18.6 Å². The van der Waals surface area contributed by atoms with Gasteiger partial charge in [-0.25, -0.2) is 0 Å². The van der Waals surface area contributed by atoms with Gasteiger partial charge < -0.3 is 24.5 Å². The molecule has 9 nitrogen and oxygen atoms in total. The van der Waals surface area contributed by atoms with Crippen LogP contribution in [0.3, 0.4) is 0 Å². The molecule has 154 valence electrons. The highest BCUT2D eigenvalue weighted by atomic mass is 16.5. The number of amides is 1. The van der Waals surface area contributed by atoms with Gasteiger partial charge >= 0.3 is 0 Å². The number of aromatic nitrogens is 2. The van der Waals surface area contributed by atoms with Crippen LogP contribution in [0.5, 0.6) is 0 Å². The zero-order valence-electron chi connectivity index (χ0n) is 16.4. The van der Waals surface area contributed by atoms with Gasteiger partial charge in [0.15, 0.2) is 11.6 Å². The van der Waals surface area contributed by atoms with Gasteiger partial charge in [0.1, 0.15) is 6.10 Å². The molecule has 0 radical (unpaired) electrons. The smallest absolute Gasteiger partial charge is 0.251 e. The van der Waals surface area contributed by atoms with Crippen LogP contribution in [0.15, 0.2) is 12.1 Å². The molecule has 1 N–H and O–H groups in total. The van der Waals surface area contributed by atoms with Gasteiger partial charge in [-0.1, -0.05) is 0 Å². The lowest BCUT2D eigenvalue weighted by Gasteiger charge is -2.36. The maximum Gasteiger partial charge on any atom is 0.251 e. The standard InChI is InChI=1S/C19H30N6O3/c26-14-13-22-5-7-23(8-6-22)17-3-4-18(21-20-17)24-9-11-25(12-10-24)19(27)16-2-1-15-28-16/h3-4,16,26H,1-2,5-15H2. The Labute approximate surface area is 165 Å². The third kappa shape index (κ3) is 4.37. The molecule has 0 spiro atoms. The number of hydrogen-bond acceptors (Lipinski definition) is 8. The largest absolute Gasteiger partial charge is 0.395 e. The molecular weight excluding hydrogens is 360 g/mol. The third-order valence-electron chi connectivity index (χ3n) is 5.87. The fourth-order valence-corrected chi connectivity index (χ4v) is 4.13. The minimum absolute atomic E-state index is 0.138. The molecule has 9 heteroatoms. The fourth-order valence-electron chi connectivity index (χ4n) is 4.13. The molecule has 0 bridgehead atoms. The molecule has 0 aliphatic carbocycles. The first-order valence-electron chi connectivity index (χ1n) is 10.3. The lowest BCUT2D eigenvalue weighted by molar-refractivity contribution is -0.141. The Balaban J connectivity index is 1.27. The second-order valence-corrected chi connectivity index (χ2v) is 7.62. The van der Waals surface area contributed by atoms with E-state index < -0.39 is 0 Å².